The van der Waals surface area contributed by atoms with Crippen LogP contribution in [0.25, 0.3) is 0 Å². The maximum atomic E-state index is 6.54. The monoisotopic (exact) mass is 277 g/mol. The first-order chi connectivity index (χ1) is 10.3. The van der Waals surface area contributed by atoms with Crippen molar-refractivity contribution in [2.24, 2.45) is 11.7 Å². The van der Waals surface area contributed by atoms with E-state index in [1.807, 2.05) is 0 Å². The van der Waals surface area contributed by atoms with Gasteiger partial charge in [0.25, 0.3) is 0 Å². The fraction of sp³-hybridized carbons (Fsp3) is 0.400. The molecule has 0 aliphatic heterocycles. The van der Waals surface area contributed by atoms with Crippen molar-refractivity contribution in [1.82, 2.24) is 0 Å². The third-order valence-electron chi connectivity index (χ3n) is 5.32. The molecule has 0 saturated carbocycles. The number of hydrogen-bond acceptors (Lipinski definition) is 1. The molecule has 0 aromatic heterocycles. The smallest absolute Gasteiger partial charge is 0.0114 e. The summed E-state index contributed by atoms with van der Waals surface area (Å²) in [6, 6.07) is 16.1. The Labute approximate surface area is 127 Å². The number of rotatable bonds is 3. The fourth-order valence-corrected chi connectivity index (χ4v) is 4.09. The molecule has 0 heterocycles. The van der Waals surface area contributed by atoms with Crippen molar-refractivity contribution >= 4 is 0 Å². The molecule has 2 aliphatic rings. The van der Waals surface area contributed by atoms with Gasteiger partial charge >= 0.3 is 0 Å². The van der Waals surface area contributed by atoms with Crippen LogP contribution in [0, 0.1) is 5.92 Å². The van der Waals surface area contributed by atoms with Gasteiger partial charge in [-0.15, -0.1) is 0 Å². The van der Waals surface area contributed by atoms with Gasteiger partial charge in [0.15, 0.2) is 0 Å². The summed E-state index contributed by atoms with van der Waals surface area (Å²) < 4.78 is 0. The summed E-state index contributed by atoms with van der Waals surface area (Å²) in [6.07, 6.45) is 7.17. The van der Waals surface area contributed by atoms with Gasteiger partial charge in [0.1, 0.15) is 0 Å². The summed E-state index contributed by atoms with van der Waals surface area (Å²) in [7, 11) is 0. The second-order valence-electron chi connectivity index (χ2n) is 6.76. The molecule has 1 unspecified atom stereocenters. The molecule has 0 bridgehead atoms. The Hall–Kier alpha value is -1.60. The van der Waals surface area contributed by atoms with E-state index in [2.05, 4.69) is 42.5 Å². The van der Waals surface area contributed by atoms with E-state index >= 15 is 0 Å². The molecule has 0 spiro atoms. The standard InChI is InChI=1S/C20H23N/c21-20(19-12-17-4-1-2-5-18(17)13-19)11-14-8-9-15-6-3-7-16(15)10-14/h1-2,4-5,8-10,19-20H,3,6-7,11-13,21H2. The molecule has 0 radical (unpaired) electrons. The average molecular weight is 277 g/mol. The highest BCUT2D eigenvalue weighted by Crippen LogP contribution is 2.30. The quantitative estimate of drug-likeness (QED) is 0.913. The summed E-state index contributed by atoms with van der Waals surface area (Å²) in [6.45, 7) is 0. The minimum absolute atomic E-state index is 0.275. The molecule has 0 amide bonds. The van der Waals surface area contributed by atoms with E-state index in [1.54, 1.807) is 11.1 Å². The number of aryl methyl sites for hydroxylation is 2. The van der Waals surface area contributed by atoms with E-state index in [0.717, 1.165) is 19.3 Å². The Morgan fingerprint density at radius 3 is 2.38 bits per heavy atom. The first kappa shape index (κ1) is 13.1. The van der Waals surface area contributed by atoms with Gasteiger partial charge in [-0.05, 0) is 72.3 Å². The van der Waals surface area contributed by atoms with Crippen LogP contribution in [0.4, 0.5) is 0 Å². The van der Waals surface area contributed by atoms with Crippen LogP contribution in [0.5, 0.6) is 0 Å². The van der Waals surface area contributed by atoms with E-state index in [-0.39, 0.29) is 6.04 Å². The Morgan fingerprint density at radius 1 is 0.905 bits per heavy atom. The van der Waals surface area contributed by atoms with Crippen LogP contribution in [0.1, 0.15) is 34.2 Å². The maximum Gasteiger partial charge on any atom is 0.0114 e. The molecule has 0 saturated heterocycles. The number of benzene rings is 2. The third kappa shape index (κ3) is 2.51. The lowest BCUT2D eigenvalue weighted by Gasteiger charge is -2.19. The van der Waals surface area contributed by atoms with Crippen LogP contribution in [-0.4, -0.2) is 6.04 Å². The van der Waals surface area contributed by atoms with Crippen molar-refractivity contribution in [3.8, 4) is 0 Å². The van der Waals surface area contributed by atoms with Crippen LogP contribution in [0.2, 0.25) is 0 Å². The molecule has 2 aliphatic carbocycles. The predicted octanol–water partition coefficient (Wildman–Crippen LogP) is 3.46. The zero-order valence-corrected chi connectivity index (χ0v) is 12.5. The molecule has 1 heteroatoms. The van der Waals surface area contributed by atoms with E-state index in [4.69, 9.17) is 5.73 Å². The zero-order chi connectivity index (χ0) is 14.2. The van der Waals surface area contributed by atoms with Gasteiger partial charge in [-0.2, -0.15) is 0 Å². The van der Waals surface area contributed by atoms with Crippen LogP contribution in [0.3, 0.4) is 0 Å². The predicted molar refractivity (Wildman–Crippen MR) is 87.5 cm³/mol. The van der Waals surface area contributed by atoms with Crippen molar-refractivity contribution in [1.29, 1.82) is 0 Å². The first-order valence-corrected chi connectivity index (χ1v) is 8.22. The minimum atomic E-state index is 0.275. The second kappa shape index (κ2) is 5.31. The molecule has 108 valence electrons. The summed E-state index contributed by atoms with van der Waals surface area (Å²) in [5.41, 5.74) is 14.1. The highest BCUT2D eigenvalue weighted by atomic mass is 14.7. The first-order valence-electron chi connectivity index (χ1n) is 8.22. The van der Waals surface area contributed by atoms with Crippen molar-refractivity contribution in [2.45, 2.75) is 44.6 Å². The molecule has 0 fully saturated rings. The van der Waals surface area contributed by atoms with Gasteiger partial charge < -0.3 is 5.73 Å². The zero-order valence-electron chi connectivity index (χ0n) is 12.5. The highest BCUT2D eigenvalue weighted by Gasteiger charge is 2.26. The molecule has 2 N–H and O–H groups in total. The molecule has 1 atom stereocenters. The summed E-state index contributed by atoms with van der Waals surface area (Å²) >= 11 is 0. The largest absolute Gasteiger partial charge is 0.327 e. The van der Waals surface area contributed by atoms with Crippen molar-refractivity contribution in [3.63, 3.8) is 0 Å². The Bertz CT molecular complexity index is 634. The molecule has 21 heavy (non-hydrogen) atoms. The SMILES string of the molecule is NC(Cc1ccc2c(c1)CCC2)C1Cc2ccccc2C1. The van der Waals surface area contributed by atoms with E-state index in [1.165, 1.54) is 36.0 Å². The normalized spacial score (nSPS) is 18.5. The molecule has 2 aromatic carbocycles. The molecule has 2 aromatic rings. The van der Waals surface area contributed by atoms with E-state index in [0.29, 0.717) is 5.92 Å². The van der Waals surface area contributed by atoms with Gasteiger partial charge in [0, 0.05) is 6.04 Å². The Kier molecular flexibility index (Phi) is 3.31. The topological polar surface area (TPSA) is 26.0 Å². The fourth-order valence-electron chi connectivity index (χ4n) is 4.09. The highest BCUT2D eigenvalue weighted by molar-refractivity contribution is 5.36. The lowest BCUT2D eigenvalue weighted by Crippen LogP contribution is -2.32. The number of hydrogen-bond donors (Lipinski definition) is 1. The average Bonchev–Trinajstić information content (AvgIpc) is 3.13. The number of fused-ring (bicyclic) bond motifs is 2. The maximum absolute atomic E-state index is 6.54. The molecular weight excluding hydrogens is 254 g/mol. The summed E-state index contributed by atoms with van der Waals surface area (Å²) in [5, 5.41) is 0. The molecule has 1 nitrogen and oxygen atoms in total. The number of nitrogens with two attached hydrogens (primary N) is 1. The van der Waals surface area contributed by atoms with Crippen LogP contribution in [0.15, 0.2) is 42.5 Å². The van der Waals surface area contributed by atoms with Crippen molar-refractivity contribution in [3.05, 3.63) is 70.3 Å². The van der Waals surface area contributed by atoms with Crippen molar-refractivity contribution < 1.29 is 0 Å². The van der Waals surface area contributed by atoms with Gasteiger partial charge in [0.05, 0.1) is 0 Å². The van der Waals surface area contributed by atoms with Gasteiger partial charge in [-0.3, -0.25) is 0 Å². The van der Waals surface area contributed by atoms with E-state index in [9.17, 15) is 0 Å². The van der Waals surface area contributed by atoms with Gasteiger partial charge in [0.2, 0.25) is 0 Å². The van der Waals surface area contributed by atoms with Crippen molar-refractivity contribution in [2.75, 3.05) is 0 Å². The third-order valence-corrected chi connectivity index (χ3v) is 5.32. The second-order valence-corrected chi connectivity index (χ2v) is 6.76. The van der Waals surface area contributed by atoms with Gasteiger partial charge in [-0.1, -0.05) is 42.5 Å². The van der Waals surface area contributed by atoms with Crippen LogP contribution in [-0.2, 0) is 32.1 Å². The molecular formula is C20H23N. The van der Waals surface area contributed by atoms with E-state index < -0.39 is 0 Å². The summed E-state index contributed by atoms with van der Waals surface area (Å²) in [4.78, 5) is 0. The van der Waals surface area contributed by atoms with Gasteiger partial charge in [-0.25, -0.2) is 0 Å². The molecule has 4 rings (SSSR count). The Morgan fingerprint density at radius 2 is 1.62 bits per heavy atom. The van der Waals surface area contributed by atoms with Crippen LogP contribution >= 0.6 is 0 Å². The minimum Gasteiger partial charge on any atom is -0.327 e. The lowest BCUT2D eigenvalue weighted by atomic mass is 9.91. The lowest BCUT2D eigenvalue weighted by molar-refractivity contribution is 0.437. The summed E-state index contributed by atoms with van der Waals surface area (Å²) in [5.74, 6) is 0.607. The Balaban J connectivity index is 1.46. The van der Waals surface area contributed by atoms with Crippen LogP contribution < -0.4 is 5.73 Å².